The van der Waals surface area contributed by atoms with Crippen molar-refractivity contribution in [1.82, 2.24) is 5.32 Å². The molecule has 118 valence electrons. The van der Waals surface area contributed by atoms with Gasteiger partial charge in [0, 0.05) is 24.1 Å². The number of aryl methyl sites for hydroxylation is 1. The number of thioether (sulfide) groups is 1. The molecule has 0 bridgehead atoms. The average molecular weight is 310 g/mol. The number of para-hydroxylation sites is 1. The van der Waals surface area contributed by atoms with Gasteiger partial charge in [-0.3, -0.25) is 0 Å². The van der Waals surface area contributed by atoms with E-state index in [4.69, 9.17) is 5.11 Å². The molecule has 0 spiro atoms. The number of hydrogen-bond acceptors (Lipinski definition) is 3. The molecule has 1 aromatic rings. The van der Waals surface area contributed by atoms with Gasteiger partial charge < -0.3 is 15.7 Å². The summed E-state index contributed by atoms with van der Waals surface area (Å²) in [6.45, 7) is 6.29. The van der Waals surface area contributed by atoms with E-state index in [-0.39, 0.29) is 18.7 Å². The Kier molecular flexibility index (Phi) is 7.61. The summed E-state index contributed by atoms with van der Waals surface area (Å²) >= 11 is 1.66. The van der Waals surface area contributed by atoms with Crippen LogP contribution in [0.2, 0.25) is 0 Å². The maximum Gasteiger partial charge on any atom is 0.319 e. The molecule has 1 aromatic carbocycles. The van der Waals surface area contributed by atoms with Gasteiger partial charge >= 0.3 is 6.03 Å². The van der Waals surface area contributed by atoms with Crippen molar-refractivity contribution >= 4 is 23.5 Å². The molecule has 0 aliphatic carbocycles. The third-order valence-corrected chi connectivity index (χ3v) is 4.08. The summed E-state index contributed by atoms with van der Waals surface area (Å²) in [5.41, 5.74) is 3.07. The minimum Gasteiger partial charge on any atom is -0.396 e. The predicted octanol–water partition coefficient (Wildman–Crippen LogP) is 3.35. The normalized spacial score (nSPS) is 12.3. The molecular formula is C16H26N2O2S. The zero-order chi connectivity index (χ0) is 15.8. The first-order valence-electron chi connectivity index (χ1n) is 7.26. The highest BCUT2D eigenvalue weighted by Gasteiger charge is 2.15. The van der Waals surface area contributed by atoms with Crippen LogP contribution in [0, 0.1) is 6.92 Å². The lowest BCUT2D eigenvalue weighted by atomic mass is 9.98. The second kappa shape index (κ2) is 8.95. The van der Waals surface area contributed by atoms with Gasteiger partial charge in [-0.05, 0) is 36.6 Å². The van der Waals surface area contributed by atoms with E-state index in [1.165, 1.54) is 0 Å². The van der Waals surface area contributed by atoms with Crippen LogP contribution in [0.4, 0.5) is 10.5 Å². The van der Waals surface area contributed by atoms with Gasteiger partial charge in [0.2, 0.25) is 0 Å². The Hall–Kier alpha value is -1.20. The fraction of sp³-hybridized carbons (Fsp3) is 0.562. The SMILES string of the molecule is CSC[C@@H](CCO)NC(=O)Nc1c(C)cccc1C(C)C. The number of amides is 2. The van der Waals surface area contributed by atoms with Crippen LogP contribution in [-0.4, -0.2) is 35.8 Å². The summed E-state index contributed by atoms with van der Waals surface area (Å²) in [6, 6.07) is 5.82. The number of anilines is 1. The minimum absolute atomic E-state index is 0.0171. The van der Waals surface area contributed by atoms with E-state index >= 15 is 0 Å². The Morgan fingerprint density at radius 2 is 2.10 bits per heavy atom. The van der Waals surface area contributed by atoms with Crippen molar-refractivity contribution in [2.45, 2.75) is 39.2 Å². The fourth-order valence-corrected chi connectivity index (χ4v) is 2.88. The van der Waals surface area contributed by atoms with Crippen LogP contribution in [0.5, 0.6) is 0 Å². The molecule has 1 rings (SSSR count). The summed E-state index contributed by atoms with van der Waals surface area (Å²) in [5.74, 6) is 1.14. The molecule has 0 heterocycles. The van der Waals surface area contributed by atoms with Crippen molar-refractivity contribution in [3.05, 3.63) is 29.3 Å². The molecule has 0 saturated heterocycles. The monoisotopic (exact) mass is 310 g/mol. The van der Waals surface area contributed by atoms with Gasteiger partial charge in [-0.15, -0.1) is 0 Å². The summed E-state index contributed by atoms with van der Waals surface area (Å²) < 4.78 is 0. The highest BCUT2D eigenvalue weighted by molar-refractivity contribution is 7.98. The third kappa shape index (κ3) is 5.59. The summed E-state index contributed by atoms with van der Waals surface area (Å²) in [6.07, 6.45) is 2.56. The Balaban J connectivity index is 2.78. The van der Waals surface area contributed by atoms with Crippen molar-refractivity contribution in [1.29, 1.82) is 0 Å². The van der Waals surface area contributed by atoms with Crippen molar-refractivity contribution < 1.29 is 9.90 Å². The highest BCUT2D eigenvalue weighted by atomic mass is 32.2. The minimum atomic E-state index is -0.210. The van der Waals surface area contributed by atoms with Crippen LogP contribution in [-0.2, 0) is 0 Å². The quantitative estimate of drug-likeness (QED) is 0.724. The fourth-order valence-electron chi connectivity index (χ4n) is 2.23. The number of hydrogen-bond donors (Lipinski definition) is 3. The van der Waals surface area contributed by atoms with Gasteiger partial charge in [0.25, 0.3) is 0 Å². The molecule has 0 radical (unpaired) electrons. The number of rotatable bonds is 7. The first-order chi connectivity index (χ1) is 9.99. The van der Waals surface area contributed by atoms with Crippen molar-refractivity contribution in [2.24, 2.45) is 0 Å². The zero-order valence-corrected chi connectivity index (χ0v) is 14.1. The predicted molar refractivity (Wildman–Crippen MR) is 91.3 cm³/mol. The van der Waals surface area contributed by atoms with Gasteiger partial charge in [-0.1, -0.05) is 32.0 Å². The van der Waals surface area contributed by atoms with E-state index < -0.39 is 0 Å². The van der Waals surface area contributed by atoms with E-state index in [2.05, 4.69) is 24.5 Å². The van der Waals surface area contributed by atoms with Crippen molar-refractivity contribution in [2.75, 3.05) is 23.9 Å². The van der Waals surface area contributed by atoms with Crippen LogP contribution in [0.25, 0.3) is 0 Å². The lowest BCUT2D eigenvalue weighted by molar-refractivity contribution is 0.241. The first kappa shape index (κ1) is 17.9. The number of carbonyl (C=O) groups excluding carboxylic acids is 1. The number of nitrogens with one attached hydrogen (secondary N) is 2. The van der Waals surface area contributed by atoms with Crippen LogP contribution in [0.1, 0.15) is 37.3 Å². The standard InChI is InChI=1S/C16H26N2O2S/c1-11(2)14-7-5-6-12(3)15(14)18-16(20)17-13(8-9-19)10-21-4/h5-7,11,13,19H,8-10H2,1-4H3,(H2,17,18,20)/t13-/m1/s1. The van der Waals surface area contributed by atoms with Crippen LogP contribution in [0.15, 0.2) is 18.2 Å². The number of carbonyl (C=O) groups is 1. The number of urea groups is 1. The lowest BCUT2D eigenvalue weighted by Crippen LogP contribution is -2.40. The maximum absolute atomic E-state index is 12.2. The van der Waals surface area contributed by atoms with Gasteiger partial charge in [-0.25, -0.2) is 4.79 Å². The zero-order valence-electron chi connectivity index (χ0n) is 13.3. The number of benzene rings is 1. The molecule has 0 saturated carbocycles. The smallest absolute Gasteiger partial charge is 0.319 e. The largest absolute Gasteiger partial charge is 0.396 e. The Labute approximate surface area is 131 Å². The number of aliphatic hydroxyl groups is 1. The van der Waals surface area contributed by atoms with E-state index in [1.54, 1.807) is 11.8 Å². The van der Waals surface area contributed by atoms with E-state index in [9.17, 15) is 4.79 Å². The molecule has 21 heavy (non-hydrogen) atoms. The van der Waals surface area contributed by atoms with Gasteiger partial charge in [0.05, 0.1) is 0 Å². The lowest BCUT2D eigenvalue weighted by Gasteiger charge is -2.20. The number of aliphatic hydroxyl groups excluding tert-OH is 1. The molecule has 5 heteroatoms. The van der Waals surface area contributed by atoms with Crippen LogP contribution < -0.4 is 10.6 Å². The second-order valence-electron chi connectivity index (χ2n) is 5.46. The Morgan fingerprint density at radius 3 is 2.67 bits per heavy atom. The van der Waals surface area contributed by atoms with E-state index in [0.29, 0.717) is 12.3 Å². The van der Waals surface area contributed by atoms with E-state index in [1.807, 2.05) is 31.4 Å². The molecule has 0 aliphatic rings. The van der Waals surface area contributed by atoms with Gasteiger partial charge in [0.1, 0.15) is 0 Å². The van der Waals surface area contributed by atoms with Gasteiger partial charge in [-0.2, -0.15) is 11.8 Å². The molecule has 0 aliphatic heterocycles. The molecule has 0 fully saturated rings. The average Bonchev–Trinajstić information content (AvgIpc) is 2.41. The molecular weight excluding hydrogens is 284 g/mol. The Morgan fingerprint density at radius 1 is 1.38 bits per heavy atom. The van der Waals surface area contributed by atoms with Crippen molar-refractivity contribution in [3.8, 4) is 0 Å². The molecule has 2 amide bonds. The summed E-state index contributed by atoms with van der Waals surface area (Å²) in [7, 11) is 0. The van der Waals surface area contributed by atoms with Crippen molar-refractivity contribution in [3.63, 3.8) is 0 Å². The summed E-state index contributed by atoms with van der Waals surface area (Å²) in [5, 5.41) is 14.9. The molecule has 4 nitrogen and oxygen atoms in total. The highest BCUT2D eigenvalue weighted by Crippen LogP contribution is 2.27. The first-order valence-corrected chi connectivity index (χ1v) is 8.65. The van der Waals surface area contributed by atoms with Crippen LogP contribution in [0.3, 0.4) is 0 Å². The second-order valence-corrected chi connectivity index (χ2v) is 6.37. The Bertz CT molecular complexity index is 458. The topological polar surface area (TPSA) is 61.4 Å². The molecule has 0 unspecified atom stereocenters. The molecule has 3 N–H and O–H groups in total. The van der Waals surface area contributed by atoms with Gasteiger partial charge in [0.15, 0.2) is 0 Å². The third-order valence-electron chi connectivity index (χ3n) is 3.35. The molecule has 1 atom stereocenters. The van der Waals surface area contributed by atoms with Crippen LogP contribution >= 0.6 is 11.8 Å². The van der Waals surface area contributed by atoms with E-state index in [0.717, 1.165) is 22.6 Å². The maximum atomic E-state index is 12.2. The summed E-state index contributed by atoms with van der Waals surface area (Å²) in [4.78, 5) is 12.2. The molecule has 0 aromatic heterocycles.